The van der Waals surface area contributed by atoms with E-state index in [2.05, 4.69) is 5.92 Å². The van der Waals surface area contributed by atoms with E-state index in [0.717, 1.165) is 17.7 Å². The van der Waals surface area contributed by atoms with Gasteiger partial charge < -0.3 is 15.6 Å². The summed E-state index contributed by atoms with van der Waals surface area (Å²) in [4.78, 5) is 0. The van der Waals surface area contributed by atoms with Crippen molar-refractivity contribution >= 4 is 0 Å². The number of benzene rings is 1. The van der Waals surface area contributed by atoms with Crippen LogP contribution in [-0.4, -0.2) is 23.9 Å². The molecule has 3 N–H and O–H groups in total. The Bertz CT molecular complexity index is 411. The number of hydrogen-bond donors (Lipinski definition) is 2. The molecule has 1 aromatic rings. The molecule has 0 bridgehead atoms. The Balaban J connectivity index is 2.60. The Hall–Kier alpha value is -1.50. The zero-order valence-electron chi connectivity index (χ0n) is 10.9. The van der Waals surface area contributed by atoms with Gasteiger partial charge in [-0.05, 0) is 37.0 Å². The van der Waals surface area contributed by atoms with E-state index in [9.17, 15) is 5.11 Å². The average molecular weight is 247 g/mol. The molecule has 3 heteroatoms. The van der Waals surface area contributed by atoms with E-state index in [-0.39, 0.29) is 0 Å². The van der Waals surface area contributed by atoms with Crippen molar-refractivity contribution in [2.75, 3.05) is 13.2 Å². The molecule has 0 saturated carbocycles. The number of aryl methyl sites for hydroxylation is 1. The Morgan fingerprint density at radius 2 is 2.28 bits per heavy atom. The number of hydrogen-bond acceptors (Lipinski definition) is 3. The van der Waals surface area contributed by atoms with Gasteiger partial charge in [0.2, 0.25) is 0 Å². The Morgan fingerprint density at radius 1 is 1.50 bits per heavy atom. The molecule has 1 atom stereocenters. The van der Waals surface area contributed by atoms with Crippen molar-refractivity contribution in [3.8, 4) is 18.1 Å². The van der Waals surface area contributed by atoms with E-state index in [4.69, 9.17) is 16.9 Å². The SMILES string of the molecule is C#CC(O)(CC)CCc1cccc(OCCN)c1. The van der Waals surface area contributed by atoms with Crippen LogP contribution < -0.4 is 10.5 Å². The van der Waals surface area contributed by atoms with Gasteiger partial charge >= 0.3 is 0 Å². The van der Waals surface area contributed by atoms with Gasteiger partial charge in [-0.3, -0.25) is 0 Å². The largest absolute Gasteiger partial charge is 0.492 e. The molecular weight excluding hydrogens is 226 g/mol. The van der Waals surface area contributed by atoms with Gasteiger partial charge in [0.25, 0.3) is 0 Å². The third kappa shape index (κ3) is 4.40. The molecule has 1 unspecified atom stereocenters. The van der Waals surface area contributed by atoms with E-state index in [1.54, 1.807) is 0 Å². The highest BCUT2D eigenvalue weighted by molar-refractivity contribution is 5.29. The minimum absolute atomic E-state index is 0.497. The minimum atomic E-state index is -1.01. The van der Waals surface area contributed by atoms with Crippen molar-refractivity contribution in [2.45, 2.75) is 31.8 Å². The summed E-state index contributed by atoms with van der Waals surface area (Å²) in [5.41, 5.74) is 5.48. The number of aliphatic hydroxyl groups is 1. The molecule has 1 aromatic carbocycles. The first-order chi connectivity index (χ1) is 8.63. The van der Waals surface area contributed by atoms with Gasteiger partial charge in [0, 0.05) is 6.54 Å². The lowest BCUT2D eigenvalue weighted by molar-refractivity contribution is 0.0881. The molecule has 0 aliphatic rings. The van der Waals surface area contributed by atoms with Crippen molar-refractivity contribution in [1.29, 1.82) is 0 Å². The second-order valence-electron chi connectivity index (χ2n) is 4.31. The third-order valence-corrected chi connectivity index (χ3v) is 2.97. The Kier molecular flexibility index (Phi) is 5.70. The molecule has 0 fully saturated rings. The average Bonchev–Trinajstić information content (AvgIpc) is 2.43. The fourth-order valence-electron chi connectivity index (χ4n) is 1.67. The summed E-state index contributed by atoms with van der Waals surface area (Å²) in [5, 5.41) is 10.0. The van der Waals surface area contributed by atoms with Gasteiger partial charge in [-0.1, -0.05) is 25.0 Å². The van der Waals surface area contributed by atoms with Crippen molar-refractivity contribution in [3.63, 3.8) is 0 Å². The van der Waals surface area contributed by atoms with Crippen LogP contribution in [0, 0.1) is 12.3 Å². The number of nitrogens with two attached hydrogens (primary N) is 1. The van der Waals surface area contributed by atoms with E-state index in [1.165, 1.54) is 0 Å². The molecule has 0 heterocycles. The van der Waals surface area contributed by atoms with Crippen LogP contribution in [-0.2, 0) is 6.42 Å². The van der Waals surface area contributed by atoms with Gasteiger partial charge in [0.1, 0.15) is 18.0 Å². The lowest BCUT2D eigenvalue weighted by atomic mass is 9.93. The normalized spacial score (nSPS) is 13.7. The molecule has 0 radical (unpaired) electrons. The molecule has 3 nitrogen and oxygen atoms in total. The number of ether oxygens (including phenoxy) is 1. The second kappa shape index (κ2) is 7.05. The molecule has 0 saturated heterocycles. The van der Waals surface area contributed by atoms with Gasteiger partial charge in [-0.15, -0.1) is 6.42 Å². The summed E-state index contributed by atoms with van der Waals surface area (Å²) in [6, 6.07) is 7.79. The fourth-order valence-corrected chi connectivity index (χ4v) is 1.67. The molecule has 0 aliphatic carbocycles. The van der Waals surface area contributed by atoms with Gasteiger partial charge in [-0.2, -0.15) is 0 Å². The van der Waals surface area contributed by atoms with Gasteiger partial charge in [0.05, 0.1) is 0 Å². The van der Waals surface area contributed by atoms with Crippen LogP contribution in [0.3, 0.4) is 0 Å². The molecule has 98 valence electrons. The predicted molar refractivity (Wildman–Crippen MR) is 73.4 cm³/mol. The highest BCUT2D eigenvalue weighted by Gasteiger charge is 2.20. The zero-order valence-corrected chi connectivity index (χ0v) is 10.9. The van der Waals surface area contributed by atoms with Crippen LogP contribution in [0.5, 0.6) is 5.75 Å². The maximum absolute atomic E-state index is 10.0. The summed E-state index contributed by atoms with van der Waals surface area (Å²) < 4.78 is 5.45. The quantitative estimate of drug-likeness (QED) is 0.721. The molecule has 0 aliphatic heterocycles. The maximum Gasteiger partial charge on any atom is 0.125 e. The van der Waals surface area contributed by atoms with Crippen LogP contribution in [0.25, 0.3) is 0 Å². The van der Waals surface area contributed by atoms with Crippen LogP contribution >= 0.6 is 0 Å². The molecule has 0 amide bonds. The van der Waals surface area contributed by atoms with Crippen LogP contribution in [0.4, 0.5) is 0 Å². The van der Waals surface area contributed by atoms with Crippen molar-refractivity contribution in [2.24, 2.45) is 5.73 Å². The van der Waals surface area contributed by atoms with Crippen LogP contribution in [0.15, 0.2) is 24.3 Å². The van der Waals surface area contributed by atoms with Crippen LogP contribution in [0.2, 0.25) is 0 Å². The monoisotopic (exact) mass is 247 g/mol. The molecule has 18 heavy (non-hydrogen) atoms. The highest BCUT2D eigenvalue weighted by Crippen LogP contribution is 2.20. The second-order valence-corrected chi connectivity index (χ2v) is 4.31. The topological polar surface area (TPSA) is 55.5 Å². The lowest BCUT2D eigenvalue weighted by Crippen LogP contribution is -2.25. The van der Waals surface area contributed by atoms with E-state index >= 15 is 0 Å². The summed E-state index contributed by atoms with van der Waals surface area (Å²) in [6.07, 6.45) is 7.19. The zero-order chi connectivity index (χ0) is 13.4. The third-order valence-electron chi connectivity index (χ3n) is 2.97. The smallest absolute Gasteiger partial charge is 0.125 e. The first kappa shape index (κ1) is 14.6. The molecule has 0 spiro atoms. The number of terminal acetylenes is 1. The summed E-state index contributed by atoms with van der Waals surface area (Å²) in [5.74, 6) is 3.26. The standard InChI is InChI=1S/C15H21NO2/c1-3-15(17,4-2)9-8-13-6-5-7-14(12-13)18-11-10-16/h1,5-7,12,17H,4,8-11,16H2,2H3. The first-order valence-corrected chi connectivity index (χ1v) is 6.25. The maximum atomic E-state index is 10.0. The summed E-state index contributed by atoms with van der Waals surface area (Å²) >= 11 is 0. The highest BCUT2D eigenvalue weighted by atomic mass is 16.5. The Morgan fingerprint density at radius 3 is 2.89 bits per heavy atom. The van der Waals surface area contributed by atoms with Crippen LogP contribution in [0.1, 0.15) is 25.3 Å². The Labute approximate surface area is 109 Å². The summed E-state index contributed by atoms with van der Waals surface area (Å²) in [6.45, 7) is 2.89. The van der Waals surface area contributed by atoms with E-state index < -0.39 is 5.60 Å². The molecular formula is C15H21NO2. The van der Waals surface area contributed by atoms with E-state index in [0.29, 0.717) is 26.0 Å². The van der Waals surface area contributed by atoms with Crippen molar-refractivity contribution < 1.29 is 9.84 Å². The summed E-state index contributed by atoms with van der Waals surface area (Å²) in [7, 11) is 0. The van der Waals surface area contributed by atoms with Crippen molar-refractivity contribution in [3.05, 3.63) is 29.8 Å². The lowest BCUT2D eigenvalue weighted by Gasteiger charge is -2.20. The molecule has 1 rings (SSSR count). The van der Waals surface area contributed by atoms with Crippen molar-refractivity contribution in [1.82, 2.24) is 0 Å². The predicted octanol–water partition coefficient (Wildman–Crippen LogP) is 1.73. The minimum Gasteiger partial charge on any atom is -0.492 e. The first-order valence-electron chi connectivity index (χ1n) is 6.25. The molecule has 0 aromatic heterocycles. The van der Waals surface area contributed by atoms with E-state index in [1.807, 2.05) is 31.2 Å². The van der Waals surface area contributed by atoms with Gasteiger partial charge in [-0.25, -0.2) is 0 Å². The number of rotatable bonds is 7. The fraction of sp³-hybridized carbons (Fsp3) is 0.467. The van der Waals surface area contributed by atoms with Gasteiger partial charge in [0.15, 0.2) is 0 Å².